The lowest BCUT2D eigenvalue weighted by atomic mass is 9.93. The number of carbonyl (C=O) groups excluding carboxylic acids is 1. The quantitative estimate of drug-likeness (QED) is 0.886. The fourth-order valence-electron chi connectivity index (χ4n) is 4.46. The second kappa shape index (κ2) is 4.88. The molecule has 4 rings (SSSR count). The summed E-state index contributed by atoms with van der Waals surface area (Å²) in [4.78, 5) is 16.8. The van der Waals surface area contributed by atoms with Crippen molar-refractivity contribution in [3.63, 3.8) is 0 Å². The fraction of sp³-hybridized carbons (Fsp3) is 0.733. The van der Waals surface area contributed by atoms with Gasteiger partial charge in [-0.15, -0.1) is 0 Å². The van der Waals surface area contributed by atoms with E-state index in [2.05, 4.69) is 15.1 Å². The molecule has 2 heterocycles. The number of carbonyl (C=O) groups is 1. The number of hydrogen-bond acceptors (Lipinski definition) is 3. The first-order valence-electron chi connectivity index (χ1n) is 7.84. The van der Waals surface area contributed by atoms with Crippen LogP contribution in [0.1, 0.15) is 36.2 Å². The highest BCUT2D eigenvalue weighted by Crippen LogP contribution is 2.46. The Bertz CT molecular complexity index is 478. The Kier molecular flexibility index (Phi) is 3.02. The molecule has 20 heavy (non-hydrogen) atoms. The van der Waals surface area contributed by atoms with Gasteiger partial charge < -0.3 is 4.90 Å². The summed E-state index contributed by atoms with van der Waals surface area (Å²) in [7, 11) is 0. The molecule has 2 bridgehead atoms. The second-order valence-electron chi connectivity index (χ2n) is 6.54. The Balaban J connectivity index is 1.35. The van der Waals surface area contributed by atoms with Crippen LogP contribution in [0.4, 0.5) is 0 Å². The molecule has 2 saturated carbocycles. The number of nitrogens with zero attached hydrogens (tertiary/aromatic N) is 3. The molecule has 0 spiro atoms. The van der Waals surface area contributed by atoms with Crippen molar-refractivity contribution in [2.24, 2.45) is 11.8 Å². The maximum absolute atomic E-state index is 12.3. The smallest absolute Gasteiger partial charge is 0.271 e. The van der Waals surface area contributed by atoms with Gasteiger partial charge in [0.25, 0.3) is 5.91 Å². The van der Waals surface area contributed by atoms with E-state index >= 15 is 0 Å². The van der Waals surface area contributed by atoms with Gasteiger partial charge in [0, 0.05) is 38.4 Å². The van der Waals surface area contributed by atoms with Gasteiger partial charge in [-0.25, -0.2) is 0 Å². The highest BCUT2D eigenvalue weighted by molar-refractivity contribution is 5.92. The molecule has 3 aliphatic rings. The average Bonchev–Trinajstić information content (AvgIpc) is 3.23. The molecule has 3 unspecified atom stereocenters. The molecule has 2 aliphatic carbocycles. The first-order chi connectivity index (χ1) is 9.81. The van der Waals surface area contributed by atoms with Crippen LogP contribution in [0.5, 0.6) is 0 Å². The van der Waals surface area contributed by atoms with E-state index in [1.54, 1.807) is 12.3 Å². The molecule has 3 atom stereocenters. The number of amides is 1. The van der Waals surface area contributed by atoms with Crippen molar-refractivity contribution in [3.8, 4) is 0 Å². The molecule has 1 saturated heterocycles. The second-order valence-corrected chi connectivity index (χ2v) is 6.54. The van der Waals surface area contributed by atoms with Crippen molar-refractivity contribution in [1.29, 1.82) is 0 Å². The molecule has 3 fully saturated rings. The maximum Gasteiger partial charge on any atom is 0.271 e. The molecule has 5 heteroatoms. The van der Waals surface area contributed by atoms with Crippen LogP contribution in [0.15, 0.2) is 12.3 Å². The standard InChI is InChI=1S/C15H22N4O/c20-15(13-3-4-16-17-13)19-7-5-18(6-8-19)14-10-11-1-2-12(14)9-11/h3-4,11-12,14H,1-2,5-10H2,(H,16,17). The van der Waals surface area contributed by atoms with Crippen LogP contribution in [0.2, 0.25) is 0 Å². The fourth-order valence-corrected chi connectivity index (χ4v) is 4.46. The van der Waals surface area contributed by atoms with Crippen LogP contribution in [0.3, 0.4) is 0 Å². The van der Waals surface area contributed by atoms with Gasteiger partial charge in [-0.1, -0.05) is 6.42 Å². The van der Waals surface area contributed by atoms with Crippen molar-refractivity contribution in [1.82, 2.24) is 20.0 Å². The van der Waals surface area contributed by atoms with Crippen LogP contribution in [0, 0.1) is 11.8 Å². The van der Waals surface area contributed by atoms with Gasteiger partial charge in [0.15, 0.2) is 0 Å². The average molecular weight is 274 g/mol. The molecule has 1 aliphatic heterocycles. The number of hydrogen-bond donors (Lipinski definition) is 1. The number of fused-ring (bicyclic) bond motifs is 2. The molecule has 1 amide bonds. The highest BCUT2D eigenvalue weighted by Gasteiger charge is 2.42. The molecule has 0 radical (unpaired) electrons. The van der Waals surface area contributed by atoms with Crippen LogP contribution >= 0.6 is 0 Å². The third-order valence-electron chi connectivity index (χ3n) is 5.50. The number of piperazine rings is 1. The minimum Gasteiger partial charge on any atom is -0.335 e. The molecule has 5 nitrogen and oxygen atoms in total. The van der Waals surface area contributed by atoms with E-state index < -0.39 is 0 Å². The third-order valence-corrected chi connectivity index (χ3v) is 5.50. The lowest BCUT2D eigenvalue weighted by Gasteiger charge is -2.40. The minimum atomic E-state index is 0.0927. The maximum atomic E-state index is 12.3. The van der Waals surface area contributed by atoms with Gasteiger partial charge >= 0.3 is 0 Å². The Morgan fingerprint density at radius 2 is 2.05 bits per heavy atom. The van der Waals surface area contributed by atoms with Gasteiger partial charge in [0.2, 0.25) is 0 Å². The molecule has 1 aromatic rings. The number of rotatable bonds is 2. The van der Waals surface area contributed by atoms with E-state index in [1.165, 1.54) is 25.7 Å². The van der Waals surface area contributed by atoms with Crippen LogP contribution in [0.25, 0.3) is 0 Å². The monoisotopic (exact) mass is 274 g/mol. The van der Waals surface area contributed by atoms with Crippen LogP contribution in [-0.2, 0) is 0 Å². The summed E-state index contributed by atoms with van der Waals surface area (Å²) >= 11 is 0. The summed E-state index contributed by atoms with van der Waals surface area (Å²) < 4.78 is 0. The molecule has 108 valence electrons. The third kappa shape index (κ3) is 2.04. The first-order valence-corrected chi connectivity index (χ1v) is 7.84. The van der Waals surface area contributed by atoms with E-state index in [4.69, 9.17) is 0 Å². The first kappa shape index (κ1) is 12.4. The summed E-state index contributed by atoms with van der Waals surface area (Å²) in [5.74, 6) is 2.03. The number of nitrogens with one attached hydrogen (secondary N) is 1. The van der Waals surface area contributed by atoms with Crippen molar-refractivity contribution in [2.45, 2.75) is 31.7 Å². The van der Waals surface area contributed by atoms with Gasteiger partial charge in [-0.2, -0.15) is 5.10 Å². The van der Waals surface area contributed by atoms with E-state index in [1.807, 2.05) is 4.90 Å². The predicted molar refractivity (Wildman–Crippen MR) is 75.3 cm³/mol. The minimum absolute atomic E-state index is 0.0927. The van der Waals surface area contributed by atoms with Crippen LogP contribution < -0.4 is 0 Å². The largest absolute Gasteiger partial charge is 0.335 e. The van der Waals surface area contributed by atoms with E-state index in [0.717, 1.165) is 44.1 Å². The van der Waals surface area contributed by atoms with Gasteiger partial charge in [0.05, 0.1) is 0 Å². The summed E-state index contributed by atoms with van der Waals surface area (Å²) in [5, 5.41) is 6.63. The number of aromatic nitrogens is 2. The number of H-pyrrole nitrogens is 1. The molecular formula is C15H22N4O. The van der Waals surface area contributed by atoms with Crippen molar-refractivity contribution < 1.29 is 4.79 Å². The predicted octanol–water partition coefficient (Wildman–Crippen LogP) is 1.36. The van der Waals surface area contributed by atoms with Gasteiger partial charge in [0.1, 0.15) is 5.69 Å². The van der Waals surface area contributed by atoms with Crippen molar-refractivity contribution in [2.75, 3.05) is 26.2 Å². The van der Waals surface area contributed by atoms with Crippen molar-refractivity contribution in [3.05, 3.63) is 18.0 Å². The summed E-state index contributed by atoms with van der Waals surface area (Å²) in [6.07, 6.45) is 7.39. The van der Waals surface area contributed by atoms with Crippen molar-refractivity contribution >= 4 is 5.91 Å². The van der Waals surface area contributed by atoms with Gasteiger partial charge in [-0.3, -0.25) is 14.8 Å². The van der Waals surface area contributed by atoms with E-state index in [-0.39, 0.29) is 5.91 Å². The topological polar surface area (TPSA) is 52.2 Å². The summed E-state index contributed by atoms with van der Waals surface area (Å²) in [5.41, 5.74) is 0.610. The molecule has 1 aromatic heterocycles. The Labute approximate surface area is 119 Å². The summed E-state index contributed by atoms with van der Waals surface area (Å²) in [6.45, 7) is 3.78. The zero-order valence-electron chi connectivity index (χ0n) is 11.8. The normalized spacial score (nSPS) is 33.8. The Morgan fingerprint density at radius 3 is 2.65 bits per heavy atom. The van der Waals surface area contributed by atoms with Crippen LogP contribution in [-0.4, -0.2) is 58.1 Å². The summed E-state index contributed by atoms with van der Waals surface area (Å²) in [6, 6.07) is 2.56. The SMILES string of the molecule is O=C(c1ccn[nH]1)N1CCN(C2CC3CCC2C3)CC1. The molecule has 1 N–H and O–H groups in total. The van der Waals surface area contributed by atoms with Gasteiger partial charge in [-0.05, 0) is 37.2 Å². The lowest BCUT2D eigenvalue weighted by Crippen LogP contribution is -2.53. The zero-order valence-corrected chi connectivity index (χ0v) is 11.8. The lowest BCUT2D eigenvalue weighted by molar-refractivity contribution is 0.0491. The Morgan fingerprint density at radius 1 is 1.20 bits per heavy atom. The van der Waals surface area contributed by atoms with E-state index in [9.17, 15) is 4.79 Å². The number of aromatic amines is 1. The Hall–Kier alpha value is -1.36. The highest BCUT2D eigenvalue weighted by atomic mass is 16.2. The zero-order chi connectivity index (χ0) is 13.5. The molecular weight excluding hydrogens is 252 g/mol. The van der Waals surface area contributed by atoms with E-state index in [0.29, 0.717) is 5.69 Å². The molecule has 0 aromatic carbocycles.